The minimum Gasteiger partial charge on any atom is -0.481 e. The number of anilines is 1. The fraction of sp³-hybridized carbons (Fsp3) is 0.148. The fourth-order valence-corrected chi connectivity index (χ4v) is 4.17. The summed E-state index contributed by atoms with van der Waals surface area (Å²) in [7, 11) is 0. The van der Waals surface area contributed by atoms with Crippen molar-refractivity contribution in [3.05, 3.63) is 102 Å². The zero-order chi connectivity index (χ0) is 25.1. The molecule has 174 valence electrons. The number of carbonyl (C=O) groups excluding carboxylic acids is 2. The summed E-state index contributed by atoms with van der Waals surface area (Å²) in [5.74, 6) is 5.26. The molecule has 2 aromatic carbocycles. The van der Waals surface area contributed by atoms with E-state index in [4.69, 9.17) is 15.6 Å². The topological polar surface area (TPSA) is 101 Å². The standard InChI is InChI=1S/C25H22N2O2S.C2H4O2/c1-3-5-7-18(4-2)10-11-19-12-14-20(15-13-19)25-27(23(28)17-30-25)22-9-6-8-21(16-22)24(26)29;1-2(3)4/h3-9,12-16,25H,2,17H2,1H3,(H2,26,29);1H3,(H,3,4)/b5-3-,18-7+;. The molecular formula is C27H26N2O4S. The third-order valence-corrected chi connectivity index (χ3v) is 5.72. The number of nitrogens with two attached hydrogens (primary N) is 1. The average Bonchev–Trinajstić information content (AvgIpc) is 3.20. The number of hydrogen-bond donors (Lipinski definition) is 2. The van der Waals surface area contributed by atoms with E-state index in [1.54, 1.807) is 40.9 Å². The van der Waals surface area contributed by atoms with E-state index in [0.717, 1.165) is 23.6 Å². The van der Waals surface area contributed by atoms with Gasteiger partial charge in [0.05, 0.1) is 5.75 Å². The number of allylic oxidation sites excluding steroid dienone is 5. The zero-order valence-electron chi connectivity index (χ0n) is 19.0. The Labute approximate surface area is 203 Å². The highest BCUT2D eigenvalue weighted by Crippen LogP contribution is 2.41. The van der Waals surface area contributed by atoms with Crippen LogP contribution < -0.4 is 10.6 Å². The van der Waals surface area contributed by atoms with Crippen molar-refractivity contribution in [2.24, 2.45) is 5.73 Å². The fourth-order valence-electron chi connectivity index (χ4n) is 2.99. The molecule has 6 nitrogen and oxygen atoms in total. The van der Waals surface area contributed by atoms with Crippen LogP contribution in [0.3, 0.4) is 0 Å². The zero-order valence-corrected chi connectivity index (χ0v) is 19.8. The van der Waals surface area contributed by atoms with Gasteiger partial charge >= 0.3 is 0 Å². The van der Waals surface area contributed by atoms with Crippen LogP contribution in [0, 0.1) is 11.8 Å². The first-order valence-corrected chi connectivity index (χ1v) is 11.4. The largest absolute Gasteiger partial charge is 0.481 e. The molecule has 1 aliphatic rings. The molecule has 2 amide bonds. The number of rotatable bonds is 5. The first kappa shape index (κ1) is 26.2. The molecule has 1 fully saturated rings. The molecule has 1 saturated heterocycles. The second-order valence-electron chi connectivity index (χ2n) is 7.08. The predicted octanol–water partition coefficient (Wildman–Crippen LogP) is 4.70. The third-order valence-electron chi connectivity index (χ3n) is 4.51. The minimum atomic E-state index is -0.833. The summed E-state index contributed by atoms with van der Waals surface area (Å²) < 4.78 is 0. The smallest absolute Gasteiger partial charge is 0.300 e. The van der Waals surface area contributed by atoms with Crippen LogP contribution in [0.4, 0.5) is 5.69 Å². The van der Waals surface area contributed by atoms with Gasteiger partial charge < -0.3 is 10.8 Å². The molecule has 1 heterocycles. The first-order chi connectivity index (χ1) is 16.3. The highest BCUT2D eigenvalue weighted by molar-refractivity contribution is 8.00. The Balaban J connectivity index is 0.000000945. The molecule has 0 spiro atoms. The molecule has 0 radical (unpaired) electrons. The molecule has 3 N–H and O–H groups in total. The van der Waals surface area contributed by atoms with E-state index in [-0.39, 0.29) is 11.3 Å². The number of benzene rings is 2. The maximum absolute atomic E-state index is 12.5. The van der Waals surface area contributed by atoms with Crippen molar-refractivity contribution in [1.82, 2.24) is 0 Å². The number of aliphatic carboxylic acids is 1. The number of carbonyl (C=O) groups is 3. The Kier molecular flexibility index (Phi) is 9.93. The van der Waals surface area contributed by atoms with Crippen molar-refractivity contribution in [1.29, 1.82) is 0 Å². The van der Waals surface area contributed by atoms with Crippen LogP contribution in [0.1, 0.15) is 40.7 Å². The molecule has 34 heavy (non-hydrogen) atoms. The first-order valence-electron chi connectivity index (χ1n) is 10.4. The third kappa shape index (κ3) is 7.54. The molecule has 0 aliphatic carbocycles. The van der Waals surface area contributed by atoms with Gasteiger partial charge in [-0.2, -0.15) is 0 Å². The Morgan fingerprint density at radius 2 is 1.91 bits per heavy atom. The molecule has 0 bridgehead atoms. The molecule has 1 aliphatic heterocycles. The number of carboxylic acid groups (broad SMARTS) is 1. The highest BCUT2D eigenvalue weighted by Gasteiger charge is 2.34. The lowest BCUT2D eigenvalue weighted by molar-refractivity contribution is -0.134. The van der Waals surface area contributed by atoms with Crippen LogP contribution in [0.2, 0.25) is 0 Å². The normalized spacial score (nSPS) is 15.2. The van der Waals surface area contributed by atoms with Gasteiger partial charge in [0.1, 0.15) is 5.37 Å². The van der Waals surface area contributed by atoms with Crippen LogP contribution in [-0.2, 0) is 9.59 Å². The Morgan fingerprint density at radius 3 is 2.50 bits per heavy atom. The van der Waals surface area contributed by atoms with E-state index in [1.165, 1.54) is 0 Å². The second kappa shape index (κ2) is 12.9. The molecule has 1 atom stereocenters. The highest BCUT2D eigenvalue weighted by atomic mass is 32.2. The van der Waals surface area contributed by atoms with Crippen LogP contribution in [-0.4, -0.2) is 28.6 Å². The molecule has 7 heteroatoms. The van der Waals surface area contributed by atoms with E-state index >= 15 is 0 Å². The van der Waals surface area contributed by atoms with Gasteiger partial charge in [0.2, 0.25) is 11.8 Å². The average molecular weight is 475 g/mol. The summed E-state index contributed by atoms with van der Waals surface area (Å²) in [6.45, 7) is 6.81. The van der Waals surface area contributed by atoms with Gasteiger partial charge in [0, 0.05) is 29.3 Å². The van der Waals surface area contributed by atoms with Crippen LogP contribution in [0.25, 0.3) is 0 Å². The molecule has 1 unspecified atom stereocenters. The van der Waals surface area contributed by atoms with Crippen LogP contribution in [0.15, 0.2) is 85.0 Å². The molecule has 0 aromatic heterocycles. The van der Waals surface area contributed by atoms with Crippen molar-refractivity contribution in [2.75, 3.05) is 10.7 Å². The number of nitrogens with zero attached hydrogens (tertiary/aromatic N) is 1. The van der Waals surface area contributed by atoms with Crippen molar-refractivity contribution in [3.8, 4) is 11.8 Å². The van der Waals surface area contributed by atoms with E-state index in [1.807, 2.05) is 55.5 Å². The minimum absolute atomic E-state index is 0.000212. The van der Waals surface area contributed by atoms with Crippen molar-refractivity contribution in [2.45, 2.75) is 19.2 Å². The molecular weight excluding hydrogens is 448 g/mol. The summed E-state index contributed by atoms with van der Waals surface area (Å²) >= 11 is 1.55. The van der Waals surface area contributed by atoms with Crippen LogP contribution >= 0.6 is 11.8 Å². The van der Waals surface area contributed by atoms with Gasteiger partial charge in [-0.3, -0.25) is 19.3 Å². The molecule has 0 saturated carbocycles. The second-order valence-corrected chi connectivity index (χ2v) is 8.15. The van der Waals surface area contributed by atoms with Crippen molar-refractivity contribution < 1.29 is 19.5 Å². The number of amides is 2. The van der Waals surface area contributed by atoms with Gasteiger partial charge in [-0.05, 0) is 48.9 Å². The monoisotopic (exact) mass is 474 g/mol. The lowest BCUT2D eigenvalue weighted by Crippen LogP contribution is -2.28. The maximum Gasteiger partial charge on any atom is 0.300 e. The Bertz CT molecular complexity index is 1180. The van der Waals surface area contributed by atoms with E-state index in [0.29, 0.717) is 17.0 Å². The quantitative estimate of drug-likeness (QED) is 0.483. The van der Waals surface area contributed by atoms with Gasteiger partial charge in [-0.15, -0.1) is 11.8 Å². The van der Waals surface area contributed by atoms with Gasteiger partial charge in [0.15, 0.2) is 0 Å². The van der Waals surface area contributed by atoms with E-state index < -0.39 is 11.9 Å². The summed E-state index contributed by atoms with van der Waals surface area (Å²) in [5.41, 5.74) is 9.15. The van der Waals surface area contributed by atoms with Gasteiger partial charge in [-0.25, -0.2) is 0 Å². The summed E-state index contributed by atoms with van der Waals surface area (Å²) in [4.78, 5) is 34.8. The predicted molar refractivity (Wildman–Crippen MR) is 137 cm³/mol. The van der Waals surface area contributed by atoms with Crippen LogP contribution in [0.5, 0.6) is 0 Å². The Morgan fingerprint density at radius 1 is 1.24 bits per heavy atom. The maximum atomic E-state index is 12.5. The lowest BCUT2D eigenvalue weighted by atomic mass is 10.1. The van der Waals surface area contributed by atoms with Crippen molar-refractivity contribution in [3.63, 3.8) is 0 Å². The summed E-state index contributed by atoms with van der Waals surface area (Å²) in [5, 5.41) is 7.25. The number of carboxylic acids is 1. The summed E-state index contributed by atoms with van der Waals surface area (Å²) in [6, 6.07) is 14.7. The lowest BCUT2D eigenvalue weighted by Gasteiger charge is -2.24. The van der Waals surface area contributed by atoms with E-state index in [2.05, 4.69) is 18.4 Å². The number of primary amides is 1. The van der Waals surface area contributed by atoms with E-state index in [9.17, 15) is 9.59 Å². The van der Waals surface area contributed by atoms with Gasteiger partial charge in [-0.1, -0.05) is 54.8 Å². The number of thioether (sulfide) groups is 1. The van der Waals surface area contributed by atoms with Crippen molar-refractivity contribution >= 4 is 35.2 Å². The Hall–Kier alpha value is -4.02. The number of hydrogen-bond acceptors (Lipinski definition) is 4. The molecule has 2 aromatic rings. The SMILES string of the molecule is C=C/C(C#Cc1ccc(C2SCC(=O)N2c2cccc(C(N)=O)c2)cc1)=C\C=C/C.CC(=O)O. The molecule has 3 rings (SSSR count). The summed E-state index contributed by atoms with van der Waals surface area (Å²) in [6.07, 6.45) is 7.49. The van der Waals surface area contributed by atoms with Gasteiger partial charge in [0.25, 0.3) is 5.97 Å².